The van der Waals surface area contributed by atoms with Crippen molar-refractivity contribution >= 4 is 17.8 Å². The van der Waals surface area contributed by atoms with Crippen LogP contribution in [0.3, 0.4) is 0 Å². The fourth-order valence-electron chi connectivity index (χ4n) is 0.759. The van der Waals surface area contributed by atoms with Crippen LogP contribution in [-0.2, 0) is 5.88 Å². The SMILES string of the molecule is O/N=C\c1ccc(CCl)cc1. The molecule has 1 N–H and O–H groups in total. The molecule has 0 aliphatic carbocycles. The van der Waals surface area contributed by atoms with Crippen LogP contribution in [0, 0.1) is 0 Å². The molecule has 1 aromatic carbocycles. The lowest BCUT2D eigenvalue weighted by molar-refractivity contribution is 0.322. The van der Waals surface area contributed by atoms with Gasteiger partial charge in [-0.3, -0.25) is 0 Å². The number of alkyl halides is 1. The van der Waals surface area contributed by atoms with Crippen molar-refractivity contribution in [2.75, 3.05) is 0 Å². The van der Waals surface area contributed by atoms with E-state index in [1.165, 1.54) is 6.21 Å². The van der Waals surface area contributed by atoms with E-state index in [4.69, 9.17) is 16.8 Å². The van der Waals surface area contributed by atoms with Crippen molar-refractivity contribution in [1.82, 2.24) is 0 Å². The molecule has 1 aromatic rings. The first-order valence-corrected chi connectivity index (χ1v) is 3.72. The van der Waals surface area contributed by atoms with Crippen LogP contribution >= 0.6 is 11.6 Å². The average Bonchev–Trinajstić information content (AvgIpc) is 2.07. The monoisotopic (exact) mass is 169 g/mol. The molecule has 1 rings (SSSR count). The first-order chi connectivity index (χ1) is 5.36. The normalized spacial score (nSPS) is 10.6. The van der Waals surface area contributed by atoms with Crippen molar-refractivity contribution in [2.24, 2.45) is 5.16 Å². The van der Waals surface area contributed by atoms with Crippen LogP contribution in [0.5, 0.6) is 0 Å². The van der Waals surface area contributed by atoms with Gasteiger partial charge < -0.3 is 5.21 Å². The Balaban J connectivity index is 2.82. The Morgan fingerprint density at radius 1 is 1.36 bits per heavy atom. The minimum absolute atomic E-state index is 0.510. The van der Waals surface area contributed by atoms with Gasteiger partial charge in [-0.15, -0.1) is 11.6 Å². The van der Waals surface area contributed by atoms with Crippen LogP contribution in [0.4, 0.5) is 0 Å². The third-order valence-electron chi connectivity index (χ3n) is 1.34. The molecule has 0 heterocycles. The molecule has 0 aliphatic rings. The molecule has 3 heteroatoms. The van der Waals surface area contributed by atoms with Crippen LogP contribution in [0.25, 0.3) is 0 Å². The standard InChI is InChI=1S/C8H8ClNO/c9-5-7-1-3-8(4-2-7)6-10-11/h1-4,6,11H,5H2/b10-6-. The molecule has 0 fully saturated rings. The summed E-state index contributed by atoms with van der Waals surface area (Å²) in [4.78, 5) is 0. The minimum atomic E-state index is 0.510. The third-order valence-corrected chi connectivity index (χ3v) is 1.65. The predicted octanol–water partition coefficient (Wildman–Crippen LogP) is 2.23. The molecule has 11 heavy (non-hydrogen) atoms. The maximum atomic E-state index is 8.19. The number of hydrogen-bond donors (Lipinski definition) is 1. The second-order valence-corrected chi connectivity index (χ2v) is 2.39. The third kappa shape index (κ3) is 2.24. The smallest absolute Gasteiger partial charge is 0.0733 e. The number of hydrogen-bond acceptors (Lipinski definition) is 2. The number of oxime groups is 1. The second-order valence-electron chi connectivity index (χ2n) is 2.12. The number of benzene rings is 1. The van der Waals surface area contributed by atoms with Crippen LogP contribution < -0.4 is 0 Å². The Morgan fingerprint density at radius 2 is 2.00 bits per heavy atom. The Hall–Kier alpha value is -1.02. The molecule has 0 saturated carbocycles. The van der Waals surface area contributed by atoms with Gasteiger partial charge >= 0.3 is 0 Å². The Morgan fingerprint density at radius 3 is 2.45 bits per heavy atom. The van der Waals surface area contributed by atoms with Gasteiger partial charge in [-0.05, 0) is 11.1 Å². The van der Waals surface area contributed by atoms with Crippen LogP contribution in [0.15, 0.2) is 29.4 Å². The summed E-state index contributed by atoms with van der Waals surface area (Å²) in [6, 6.07) is 7.48. The van der Waals surface area contributed by atoms with Gasteiger partial charge in [-0.1, -0.05) is 29.4 Å². The highest BCUT2D eigenvalue weighted by atomic mass is 35.5. The van der Waals surface area contributed by atoms with E-state index in [2.05, 4.69) is 5.16 Å². The topological polar surface area (TPSA) is 32.6 Å². The van der Waals surface area contributed by atoms with Crippen LogP contribution in [-0.4, -0.2) is 11.4 Å². The summed E-state index contributed by atoms with van der Waals surface area (Å²) in [6.45, 7) is 0. The number of rotatable bonds is 2. The zero-order chi connectivity index (χ0) is 8.10. The molecule has 0 aromatic heterocycles. The largest absolute Gasteiger partial charge is 0.411 e. The molecular formula is C8H8ClNO. The fourth-order valence-corrected chi connectivity index (χ4v) is 0.938. The molecule has 0 aliphatic heterocycles. The summed E-state index contributed by atoms with van der Waals surface area (Å²) in [5.74, 6) is 0.510. The number of nitrogens with zero attached hydrogens (tertiary/aromatic N) is 1. The van der Waals surface area contributed by atoms with Crippen molar-refractivity contribution < 1.29 is 5.21 Å². The molecule has 0 radical (unpaired) electrons. The Kier molecular flexibility index (Phi) is 2.93. The van der Waals surface area contributed by atoms with E-state index < -0.39 is 0 Å². The van der Waals surface area contributed by atoms with Gasteiger partial charge in [0.25, 0.3) is 0 Å². The van der Waals surface area contributed by atoms with Gasteiger partial charge in [-0.25, -0.2) is 0 Å². The molecule has 0 amide bonds. The van der Waals surface area contributed by atoms with Gasteiger partial charge in [0.2, 0.25) is 0 Å². The molecule has 0 saturated heterocycles. The lowest BCUT2D eigenvalue weighted by Gasteiger charge is -1.94. The van der Waals surface area contributed by atoms with Crippen molar-refractivity contribution in [1.29, 1.82) is 0 Å². The van der Waals surface area contributed by atoms with E-state index >= 15 is 0 Å². The lowest BCUT2D eigenvalue weighted by atomic mass is 10.2. The predicted molar refractivity (Wildman–Crippen MR) is 45.4 cm³/mol. The summed E-state index contributed by atoms with van der Waals surface area (Å²) < 4.78 is 0. The van der Waals surface area contributed by atoms with E-state index in [0.29, 0.717) is 5.88 Å². The average molecular weight is 170 g/mol. The van der Waals surface area contributed by atoms with Crippen molar-refractivity contribution in [3.63, 3.8) is 0 Å². The highest BCUT2D eigenvalue weighted by Crippen LogP contribution is 2.04. The lowest BCUT2D eigenvalue weighted by Crippen LogP contribution is -1.82. The molecule has 0 atom stereocenters. The zero-order valence-corrected chi connectivity index (χ0v) is 6.62. The maximum Gasteiger partial charge on any atom is 0.0733 e. The summed E-state index contributed by atoms with van der Waals surface area (Å²) >= 11 is 5.57. The first kappa shape index (κ1) is 8.08. The van der Waals surface area contributed by atoms with E-state index in [-0.39, 0.29) is 0 Å². The Bertz CT molecular complexity index is 243. The molecular weight excluding hydrogens is 162 g/mol. The van der Waals surface area contributed by atoms with Crippen molar-refractivity contribution in [3.8, 4) is 0 Å². The van der Waals surface area contributed by atoms with Crippen molar-refractivity contribution in [3.05, 3.63) is 35.4 Å². The summed E-state index contributed by atoms with van der Waals surface area (Å²) in [7, 11) is 0. The van der Waals surface area contributed by atoms with E-state index in [1.807, 2.05) is 24.3 Å². The van der Waals surface area contributed by atoms with Gasteiger partial charge in [0.1, 0.15) is 0 Å². The van der Waals surface area contributed by atoms with Crippen molar-refractivity contribution in [2.45, 2.75) is 5.88 Å². The second kappa shape index (κ2) is 3.98. The summed E-state index contributed by atoms with van der Waals surface area (Å²) in [5, 5.41) is 11.1. The minimum Gasteiger partial charge on any atom is -0.411 e. The molecule has 0 bridgehead atoms. The fraction of sp³-hybridized carbons (Fsp3) is 0.125. The van der Waals surface area contributed by atoms with Gasteiger partial charge in [0.05, 0.1) is 6.21 Å². The highest BCUT2D eigenvalue weighted by Gasteiger charge is 1.89. The quantitative estimate of drug-likeness (QED) is 0.313. The molecule has 0 unspecified atom stereocenters. The summed E-state index contributed by atoms with van der Waals surface area (Å²) in [5.41, 5.74) is 1.92. The van der Waals surface area contributed by atoms with Gasteiger partial charge in [0.15, 0.2) is 0 Å². The maximum absolute atomic E-state index is 8.19. The van der Waals surface area contributed by atoms with E-state index in [0.717, 1.165) is 11.1 Å². The van der Waals surface area contributed by atoms with E-state index in [1.54, 1.807) is 0 Å². The highest BCUT2D eigenvalue weighted by molar-refractivity contribution is 6.17. The molecule has 58 valence electrons. The van der Waals surface area contributed by atoms with Gasteiger partial charge in [0, 0.05) is 5.88 Å². The van der Waals surface area contributed by atoms with Crippen LogP contribution in [0.1, 0.15) is 11.1 Å². The Labute approximate surface area is 70.1 Å². The first-order valence-electron chi connectivity index (χ1n) is 3.19. The zero-order valence-electron chi connectivity index (χ0n) is 5.87. The van der Waals surface area contributed by atoms with Crippen LogP contribution in [0.2, 0.25) is 0 Å². The molecule has 2 nitrogen and oxygen atoms in total. The van der Waals surface area contributed by atoms with E-state index in [9.17, 15) is 0 Å². The van der Waals surface area contributed by atoms with Gasteiger partial charge in [-0.2, -0.15) is 0 Å². The number of halogens is 1. The summed E-state index contributed by atoms with van der Waals surface area (Å²) in [6.07, 6.45) is 1.37. The molecule has 0 spiro atoms.